The summed E-state index contributed by atoms with van der Waals surface area (Å²) in [6.07, 6.45) is 2.21. The van der Waals surface area contributed by atoms with Gasteiger partial charge in [0.05, 0.1) is 13.2 Å². The minimum Gasteiger partial charge on any atom is -0.365 e. The molecule has 0 aromatic carbocycles. The van der Waals surface area contributed by atoms with Gasteiger partial charge in [0.15, 0.2) is 17.4 Å². The molecule has 5 heteroatoms. The van der Waals surface area contributed by atoms with Crippen LogP contribution >= 0.6 is 0 Å². The molecule has 0 spiro atoms. The van der Waals surface area contributed by atoms with E-state index in [0.717, 1.165) is 12.8 Å². The molecule has 1 saturated heterocycles. The Labute approximate surface area is 121 Å². The number of carbonyl (C=O) groups is 1. The van der Waals surface area contributed by atoms with Crippen LogP contribution in [-0.4, -0.2) is 41.8 Å². The van der Waals surface area contributed by atoms with Gasteiger partial charge >= 0.3 is 0 Å². The number of rotatable bonds is 9. The van der Waals surface area contributed by atoms with E-state index in [4.69, 9.17) is 14.2 Å². The van der Waals surface area contributed by atoms with E-state index in [1.165, 1.54) is 0 Å². The van der Waals surface area contributed by atoms with Crippen molar-refractivity contribution in [2.45, 2.75) is 77.5 Å². The number of ketones is 1. The number of Topliss-reactive ketones (excluding diaryl/α,β-unsaturated/α-hetero) is 1. The van der Waals surface area contributed by atoms with Crippen molar-refractivity contribution in [1.29, 1.82) is 0 Å². The van der Waals surface area contributed by atoms with Gasteiger partial charge in [-0.2, -0.15) is 0 Å². The van der Waals surface area contributed by atoms with Crippen molar-refractivity contribution < 1.29 is 24.1 Å². The van der Waals surface area contributed by atoms with Gasteiger partial charge in [0.1, 0.15) is 6.10 Å². The lowest BCUT2D eigenvalue weighted by Crippen LogP contribution is -2.34. The van der Waals surface area contributed by atoms with Crippen LogP contribution < -0.4 is 0 Å². The van der Waals surface area contributed by atoms with Gasteiger partial charge in [0, 0.05) is 6.42 Å². The zero-order chi connectivity index (χ0) is 15.2. The highest BCUT2D eigenvalue weighted by atomic mass is 16.7. The van der Waals surface area contributed by atoms with Crippen LogP contribution in [0.25, 0.3) is 0 Å². The van der Waals surface area contributed by atoms with Crippen LogP contribution in [0.3, 0.4) is 0 Å². The number of ether oxygens (including phenoxy) is 3. The van der Waals surface area contributed by atoms with Crippen molar-refractivity contribution in [3.8, 4) is 0 Å². The van der Waals surface area contributed by atoms with E-state index >= 15 is 0 Å². The molecule has 1 atom stereocenters. The lowest BCUT2D eigenvalue weighted by molar-refractivity contribution is -0.208. The van der Waals surface area contributed by atoms with Crippen LogP contribution in [0.5, 0.6) is 0 Å². The predicted octanol–water partition coefficient (Wildman–Crippen LogP) is 2.40. The third-order valence-corrected chi connectivity index (χ3v) is 4.12. The first-order valence-corrected chi connectivity index (χ1v) is 7.65. The van der Waals surface area contributed by atoms with Crippen molar-refractivity contribution >= 4 is 5.78 Å². The molecule has 20 heavy (non-hydrogen) atoms. The molecule has 1 aliphatic heterocycles. The minimum absolute atomic E-state index is 0.0247. The summed E-state index contributed by atoms with van der Waals surface area (Å²) in [5, 5.41) is 9.98. The molecular weight excluding hydrogens is 260 g/mol. The van der Waals surface area contributed by atoms with Crippen LogP contribution in [0.15, 0.2) is 0 Å². The predicted molar refractivity (Wildman–Crippen MR) is 75.2 cm³/mol. The van der Waals surface area contributed by atoms with E-state index < -0.39 is 17.7 Å². The quantitative estimate of drug-likeness (QED) is 0.660. The molecule has 1 aliphatic rings. The molecule has 1 N–H and O–H groups in total. The Morgan fingerprint density at radius 2 is 1.90 bits per heavy atom. The molecule has 0 saturated carbocycles. The molecule has 118 valence electrons. The Bertz CT molecular complexity index is 307. The maximum atomic E-state index is 12.1. The second kappa shape index (κ2) is 7.50. The second-order valence-corrected chi connectivity index (χ2v) is 5.25. The lowest BCUT2D eigenvalue weighted by atomic mass is 10.1. The summed E-state index contributed by atoms with van der Waals surface area (Å²) in [6, 6.07) is 0. The zero-order valence-electron chi connectivity index (χ0n) is 13.1. The molecule has 1 heterocycles. The Morgan fingerprint density at radius 1 is 1.30 bits per heavy atom. The van der Waals surface area contributed by atoms with Crippen LogP contribution in [0.1, 0.15) is 59.8 Å². The highest BCUT2D eigenvalue weighted by molar-refractivity contribution is 5.83. The van der Waals surface area contributed by atoms with Gasteiger partial charge in [-0.1, -0.05) is 27.7 Å². The van der Waals surface area contributed by atoms with Gasteiger partial charge in [0.2, 0.25) is 0 Å². The average Bonchev–Trinajstić information content (AvgIpc) is 2.92. The van der Waals surface area contributed by atoms with Crippen LogP contribution in [0.4, 0.5) is 0 Å². The largest absolute Gasteiger partial charge is 0.365 e. The Balaban J connectivity index is 2.38. The smallest absolute Gasteiger partial charge is 0.169 e. The van der Waals surface area contributed by atoms with Gasteiger partial charge in [-0.3, -0.25) is 4.79 Å². The van der Waals surface area contributed by atoms with Crippen LogP contribution in [0, 0.1) is 0 Å². The summed E-state index contributed by atoms with van der Waals surface area (Å²) in [6.45, 7) is 8.21. The van der Waals surface area contributed by atoms with Crippen LogP contribution in [0.2, 0.25) is 0 Å². The van der Waals surface area contributed by atoms with E-state index in [0.29, 0.717) is 19.4 Å². The van der Waals surface area contributed by atoms with Crippen LogP contribution in [-0.2, 0) is 19.0 Å². The van der Waals surface area contributed by atoms with Crippen molar-refractivity contribution in [3.63, 3.8) is 0 Å². The second-order valence-electron chi connectivity index (χ2n) is 5.25. The standard InChI is InChI=1S/C15H28O5/c1-5-14(17,6-2)18-10-9-12(16)13-11-19-15(7-3,8-4)20-13/h13,17H,5-11H2,1-4H3/t13-/m0/s1. The van der Waals surface area contributed by atoms with E-state index in [1.807, 2.05) is 27.7 Å². The summed E-state index contributed by atoms with van der Waals surface area (Å²) in [4.78, 5) is 12.1. The molecule has 0 bridgehead atoms. The number of carbonyl (C=O) groups excluding carboxylic acids is 1. The molecule has 0 aromatic rings. The van der Waals surface area contributed by atoms with Crippen molar-refractivity contribution in [3.05, 3.63) is 0 Å². The fourth-order valence-electron chi connectivity index (χ4n) is 2.29. The topological polar surface area (TPSA) is 65.0 Å². The number of aliphatic hydroxyl groups is 1. The minimum atomic E-state index is -1.12. The van der Waals surface area contributed by atoms with E-state index in [9.17, 15) is 9.90 Å². The Kier molecular flexibility index (Phi) is 6.58. The average molecular weight is 288 g/mol. The molecule has 0 radical (unpaired) electrons. The first-order chi connectivity index (χ1) is 9.44. The molecule has 5 nitrogen and oxygen atoms in total. The first-order valence-electron chi connectivity index (χ1n) is 7.65. The number of hydrogen-bond donors (Lipinski definition) is 1. The Hall–Kier alpha value is -0.490. The fraction of sp³-hybridized carbons (Fsp3) is 0.933. The third-order valence-electron chi connectivity index (χ3n) is 4.12. The monoisotopic (exact) mass is 288 g/mol. The van der Waals surface area contributed by atoms with Gasteiger partial charge in [0.25, 0.3) is 0 Å². The maximum absolute atomic E-state index is 12.1. The summed E-state index contributed by atoms with van der Waals surface area (Å²) < 4.78 is 16.8. The zero-order valence-corrected chi connectivity index (χ0v) is 13.1. The van der Waals surface area contributed by atoms with E-state index in [2.05, 4.69) is 0 Å². The summed E-state index contributed by atoms with van der Waals surface area (Å²) >= 11 is 0. The van der Waals surface area contributed by atoms with Gasteiger partial charge in [-0.25, -0.2) is 0 Å². The maximum Gasteiger partial charge on any atom is 0.169 e. The van der Waals surface area contributed by atoms with Gasteiger partial charge in [-0.05, 0) is 25.7 Å². The lowest BCUT2D eigenvalue weighted by Gasteiger charge is -2.26. The molecular formula is C15H28O5. The highest BCUT2D eigenvalue weighted by Gasteiger charge is 2.41. The molecule has 0 aliphatic carbocycles. The molecule has 0 unspecified atom stereocenters. The van der Waals surface area contributed by atoms with E-state index in [-0.39, 0.29) is 18.8 Å². The van der Waals surface area contributed by atoms with E-state index in [1.54, 1.807) is 0 Å². The van der Waals surface area contributed by atoms with Crippen molar-refractivity contribution in [1.82, 2.24) is 0 Å². The van der Waals surface area contributed by atoms with Gasteiger partial charge < -0.3 is 19.3 Å². The molecule has 1 rings (SSSR count). The van der Waals surface area contributed by atoms with Crippen molar-refractivity contribution in [2.24, 2.45) is 0 Å². The fourth-order valence-corrected chi connectivity index (χ4v) is 2.29. The van der Waals surface area contributed by atoms with Crippen molar-refractivity contribution in [2.75, 3.05) is 13.2 Å². The molecule has 1 fully saturated rings. The normalized spacial score (nSPS) is 22.1. The highest BCUT2D eigenvalue weighted by Crippen LogP contribution is 2.30. The third kappa shape index (κ3) is 4.25. The molecule has 0 aromatic heterocycles. The summed E-state index contributed by atoms with van der Waals surface area (Å²) in [5.41, 5.74) is 0. The number of hydrogen-bond acceptors (Lipinski definition) is 5. The summed E-state index contributed by atoms with van der Waals surface area (Å²) in [5.74, 6) is -1.75. The molecule has 0 amide bonds. The SMILES string of the molecule is CCC(O)(CC)OCCC(=O)[C@@H]1COC(CC)(CC)O1. The van der Waals surface area contributed by atoms with Gasteiger partial charge in [-0.15, -0.1) is 0 Å². The first kappa shape index (κ1) is 17.6. The summed E-state index contributed by atoms with van der Waals surface area (Å²) in [7, 11) is 0. The Morgan fingerprint density at radius 3 is 2.35 bits per heavy atom.